The predicted octanol–water partition coefficient (Wildman–Crippen LogP) is 4.31. The van der Waals surface area contributed by atoms with Crippen LogP contribution in [0.2, 0.25) is 0 Å². The standard InChI is InChI=1S/C20H21F3N2O.ClH/c21-17-10-16(11-18(22)19(17)23)14-3-5-15(6-4-14)20(26)25-9-7-13-2-1-8-24-12-13;/h3-6,10-11,13,24H,1-2,7-9,12H2,(H,25,26);1H. The van der Waals surface area contributed by atoms with Crippen LogP contribution in [0.5, 0.6) is 0 Å². The fourth-order valence-electron chi connectivity index (χ4n) is 3.20. The Labute approximate surface area is 162 Å². The summed E-state index contributed by atoms with van der Waals surface area (Å²) in [6, 6.07) is 8.23. The molecule has 1 heterocycles. The number of benzene rings is 2. The van der Waals surface area contributed by atoms with E-state index in [0.29, 0.717) is 23.6 Å². The lowest BCUT2D eigenvalue weighted by molar-refractivity contribution is 0.0950. The molecule has 0 aliphatic carbocycles. The summed E-state index contributed by atoms with van der Waals surface area (Å²) in [7, 11) is 0. The minimum atomic E-state index is -1.49. The average Bonchev–Trinajstić information content (AvgIpc) is 2.66. The first kappa shape index (κ1) is 21.3. The van der Waals surface area contributed by atoms with E-state index in [2.05, 4.69) is 10.6 Å². The third kappa shape index (κ3) is 5.47. The Kier molecular flexibility index (Phi) is 7.68. The Morgan fingerprint density at radius 3 is 2.33 bits per heavy atom. The van der Waals surface area contributed by atoms with Gasteiger partial charge >= 0.3 is 0 Å². The second-order valence-corrected chi connectivity index (χ2v) is 6.59. The second-order valence-electron chi connectivity index (χ2n) is 6.59. The van der Waals surface area contributed by atoms with Crippen molar-refractivity contribution < 1.29 is 18.0 Å². The number of piperidine rings is 1. The molecule has 0 saturated carbocycles. The first-order valence-electron chi connectivity index (χ1n) is 8.78. The predicted molar refractivity (Wildman–Crippen MR) is 102 cm³/mol. The Bertz CT molecular complexity index is 754. The normalized spacial score (nSPS) is 16.5. The van der Waals surface area contributed by atoms with Gasteiger partial charge in [-0.1, -0.05) is 12.1 Å². The van der Waals surface area contributed by atoms with Crippen LogP contribution in [0.15, 0.2) is 36.4 Å². The number of rotatable bonds is 5. The molecule has 2 aromatic rings. The first-order chi connectivity index (χ1) is 12.5. The number of amides is 1. The highest BCUT2D eigenvalue weighted by Crippen LogP contribution is 2.24. The van der Waals surface area contributed by atoms with E-state index < -0.39 is 17.5 Å². The number of carbonyl (C=O) groups excluding carboxylic acids is 1. The summed E-state index contributed by atoms with van der Waals surface area (Å²) < 4.78 is 39.7. The summed E-state index contributed by atoms with van der Waals surface area (Å²) in [6.45, 7) is 2.67. The van der Waals surface area contributed by atoms with Gasteiger partial charge < -0.3 is 10.6 Å². The van der Waals surface area contributed by atoms with Crippen LogP contribution < -0.4 is 10.6 Å². The molecule has 1 aliphatic rings. The highest BCUT2D eigenvalue weighted by Gasteiger charge is 2.14. The number of halogens is 4. The van der Waals surface area contributed by atoms with Gasteiger partial charge in [-0.2, -0.15) is 0 Å². The van der Waals surface area contributed by atoms with Gasteiger partial charge in [-0.05, 0) is 73.7 Å². The lowest BCUT2D eigenvalue weighted by Gasteiger charge is -2.22. The van der Waals surface area contributed by atoms with Crippen molar-refractivity contribution in [2.75, 3.05) is 19.6 Å². The molecule has 0 spiro atoms. The maximum absolute atomic E-state index is 13.3. The third-order valence-electron chi connectivity index (χ3n) is 4.70. The molecule has 1 saturated heterocycles. The van der Waals surface area contributed by atoms with Crippen molar-refractivity contribution in [3.05, 3.63) is 59.4 Å². The lowest BCUT2D eigenvalue weighted by atomic mass is 9.96. The zero-order chi connectivity index (χ0) is 18.5. The highest BCUT2D eigenvalue weighted by molar-refractivity contribution is 5.94. The van der Waals surface area contributed by atoms with Crippen LogP contribution in [-0.4, -0.2) is 25.5 Å². The number of carbonyl (C=O) groups is 1. The van der Waals surface area contributed by atoms with E-state index >= 15 is 0 Å². The fourth-order valence-corrected chi connectivity index (χ4v) is 3.20. The second kappa shape index (κ2) is 9.76. The molecule has 3 rings (SSSR count). The van der Waals surface area contributed by atoms with Gasteiger partial charge in [0, 0.05) is 12.1 Å². The summed E-state index contributed by atoms with van der Waals surface area (Å²) in [5.74, 6) is -3.55. The van der Waals surface area contributed by atoms with Crippen LogP contribution >= 0.6 is 12.4 Å². The molecule has 3 nitrogen and oxygen atoms in total. The SMILES string of the molecule is Cl.O=C(NCCC1CCCNC1)c1ccc(-c2cc(F)c(F)c(F)c2)cc1. The topological polar surface area (TPSA) is 41.1 Å². The van der Waals surface area contributed by atoms with E-state index in [1.807, 2.05) is 0 Å². The summed E-state index contributed by atoms with van der Waals surface area (Å²) in [6.07, 6.45) is 3.29. The van der Waals surface area contributed by atoms with Crippen LogP contribution in [0.3, 0.4) is 0 Å². The zero-order valence-electron chi connectivity index (χ0n) is 14.7. The van der Waals surface area contributed by atoms with Crippen LogP contribution in [0.4, 0.5) is 13.2 Å². The Morgan fingerprint density at radius 1 is 1.07 bits per heavy atom. The van der Waals surface area contributed by atoms with Gasteiger partial charge in [0.05, 0.1) is 0 Å². The Morgan fingerprint density at radius 2 is 1.74 bits per heavy atom. The van der Waals surface area contributed by atoms with Crippen molar-refractivity contribution in [2.24, 2.45) is 5.92 Å². The van der Waals surface area contributed by atoms with Crippen molar-refractivity contribution in [1.29, 1.82) is 0 Å². The van der Waals surface area contributed by atoms with E-state index in [1.165, 1.54) is 12.8 Å². The van der Waals surface area contributed by atoms with E-state index in [0.717, 1.165) is 31.6 Å². The summed E-state index contributed by atoms with van der Waals surface area (Å²) in [5, 5.41) is 6.24. The molecule has 2 aromatic carbocycles. The summed E-state index contributed by atoms with van der Waals surface area (Å²) >= 11 is 0. The lowest BCUT2D eigenvalue weighted by Crippen LogP contribution is -2.33. The van der Waals surface area contributed by atoms with Crippen LogP contribution in [0.1, 0.15) is 29.6 Å². The van der Waals surface area contributed by atoms with Gasteiger partial charge in [0.25, 0.3) is 5.91 Å². The molecule has 0 aromatic heterocycles. The summed E-state index contributed by atoms with van der Waals surface area (Å²) in [5.41, 5.74) is 1.20. The monoisotopic (exact) mass is 398 g/mol. The molecule has 1 aliphatic heterocycles. The molecule has 1 amide bonds. The summed E-state index contributed by atoms with van der Waals surface area (Å²) in [4.78, 5) is 12.2. The van der Waals surface area contributed by atoms with E-state index in [9.17, 15) is 18.0 Å². The van der Waals surface area contributed by atoms with E-state index in [1.54, 1.807) is 24.3 Å². The zero-order valence-corrected chi connectivity index (χ0v) is 15.6. The van der Waals surface area contributed by atoms with Gasteiger partial charge in [-0.3, -0.25) is 4.79 Å². The van der Waals surface area contributed by atoms with Gasteiger partial charge in [0.1, 0.15) is 0 Å². The van der Waals surface area contributed by atoms with Crippen molar-refractivity contribution >= 4 is 18.3 Å². The van der Waals surface area contributed by atoms with Crippen molar-refractivity contribution in [3.8, 4) is 11.1 Å². The maximum atomic E-state index is 13.3. The average molecular weight is 399 g/mol. The number of hydrogen-bond donors (Lipinski definition) is 2. The Hall–Kier alpha value is -2.05. The van der Waals surface area contributed by atoms with E-state index in [4.69, 9.17) is 0 Å². The van der Waals surface area contributed by atoms with Gasteiger partial charge in [0.2, 0.25) is 0 Å². The fraction of sp³-hybridized carbons (Fsp3) is 0.350. The molecule has 1 fully saturated rings. The first-order valence-corrected chi connectivity index (χ1v) is 8.78. The molecule has 7 heteroatoms. The van der Waals surface area contributed by atoms with Crippen LogP contribution in [0.25, 0.3) is 11.1 Å². The van der Waals surface area contributed by atoms with E-state index in [-0.39, 0.29) is 23.9 Å². The molecule has 2 N–H and O–H groups in total. The van der Waals surface area contributed by atoms with Crippen LogP contribution in [0, 0.1) is 23.4 Å². The number of hydrogen-bond acceptors (Lipinski definition) is 2. The molecule has 1 unspecified atom stereocenters. The van der Waals surface area contributed by atoms with Crippen LogP contribution in [-0.2, 0) is 0 Å². The van der Waals surface area contributed by atoms with Crippen molar-refractivity contribution in [1.82, 2.24) is 10.6 Å². The quantitative estimate of drug-likeness (QED) is 0.737. The van der Waals surface area contributed by atoms with Gasteiger partial charge in [0.15, 0.2) is 17.5 Å². The molecule has 0 radical (unpaired) electrons. The molecule has 27 heavy (non-hydrogen) atoms. The molecule has 1 atom stereocenters. The van der Waals surface area contributed by atoms with Crippen molar-refractivity contribution in [2.45, 2.75) is 19.3 Å². The molecule has 146 valence electrons. The van der Waals surface area contributed by atoms with Gasteiger partial charge in [-0.25, -0.2) is 13.2 Å². The third-order valence-corrected chi connectivity index (χ3v) is 4.70. The maximum Gasteiger partial charge on any atom is 0.251 e. The van der Waals surface area contributed by atoms with Gasteiger partial charge in [-0.15, -0.1) is 12.4 Å². The molecular weight excluding hydrogens is 377 g/mol. The largest absolute Gasteiger partial charge is 0.352 e. The molecule has 0 bridgehead atoms. The minimum Gasteiger partial charge on any atom is -0.352 e. The molecular formula is C20H22ClF3N2O. The smallest absolute Gasteiger partial charge is 0.251 e. The Balaban J connectivity index is 0.00000261. The highest BCUT2D eigenvalue weighted by atomic mass is 35.5. The minimum absolute atomic E-state index is 0. The van der Waals surface area contributed by atoms with Crippen molar-refractivity contribution in [3.63, 3.8) is 0 Å². The number of nitrogens with one attached hydrogen (secondary N) is 2.